The van der Waals surface area contributed by atoms with E-state index in [2.05, 4.69) is 10.3 Å². The first-order chi connectivity index (χ1) is 14.6. The highest BCUT2D eigenvalue weighted by atomic mass is 16.3. The maximum Gasteiger partial charge on any atom is 0.256 e. The van der Waals surface area contributed by atoms with Crippen molar-refractivity contribution in [2.24, 2.45) is 0 Å². The quantitative estimate of drug-likeness (QED) is 0.380. The predicted molar refractivity (Wildman–Crippen MR) is 121 cm³/mol. The number of aryl methyl sites for hydroxylation is 2. The minimum absolute atomic E-state index is 0.139. The first-order valence-electron chi connectivity index (χ1n) is 9.86. The molecule has 0 bridgehead atoms. The van der Waals surface area contributed by atoms with Crippen molar-refractivity contribution in [2.75, 3.05) is 5.32 Å². The summed E-state index contributed by atoms with van der Waals surface area (Å²) in [5.74, 6) is 0.400. The smallest absolute Gasteiger partial charge is 0.256 e. The van der Waals surface area contributed by atoms with Crippen LogP contribution < -0.4 is 5.32 Å². The Labute approximate surface area is 174 Å². The lowest BCUT2D eigenvalue weighted by atomic mass is 10.0. The van der Waals surface area contributed by atoms with E-state index in [0.717, 1.165) is 44.2 Å². The van der Waals surface area contributed by atoms with Gasteiger partial charge in [-0.3, -0.25) is 4.79 Å². The van der Waals surface area contributed by atoms with Crippen molar-refractivity contribution in [1.29, 1.82) is 0 Å². The Bertz CT molecular complexity index is 1410. The first-order valence-corrected chi connectivity index (χ1v) is 9.86. The van der Waals surface area contributed by atoms with E-state index in [1.165, 1.54) is 0 Å². The largest absolute Gasteiger partial charge is 0.436 e. The number of nitrogens with zero attached hydrogens (tertiary/aromatic N) is 1. The van der Waals surface area contributed by atoms with E-state index in [-0.39, 0.29) is 5.91 Å². The van der Waals surface area contributed by atoms with Crippen LogP contribution >= 0.6 is 0 Å². The number of hydrogen-bond acceptors (Lipinski definition) is 3. The third-order valence-electron chi connectivity index (χ3n) is 5.31. The number of aromatic nitrogens is 1. The van der Waals surface area contributed by atoms with Crippen molar-refractivity contribution in [1.82, 2.24) is 4.98 Å². The maximum absolute atomic E-state index is 13.1. The molecule has 0 aliphatic heterocycles. The molecule has 0 aliphatic rings. The molecule has 0 unspecified atom stereocenters. The summed E-state index contributed by atoms with van der Waals surface area (Å²) in [6, 6.07) is 25.4. The Morgan fingerprint density at radius 3 is 2.63 bits per heavy atom. The van der Waals surface area contributed by atoms with Crippen LogP contribution in [-0.2, 0) is 0 Å². The number of fused-ring (bicyclic) bond motifs is 2. The van der Waals surface area contributed by atoms with Gasteiger partial charge in [0.1, 0.15) is 5.52 Å². The van der Waals surface area contributed by atoms with E-state index >= 15 is 0 Å². The molecule has 0 aliphatic carbocycles. The van der Waals surface area contributed by atoms with Crippen LogP contribution in [-0.4, -0.2) is 10.9 Å². The zero-order valence-corrected chi connectivity index (χ0v) is 16.8. The highest BCUT2D eigenvalue weighted by Crippen LogP contribution is 2.29. The minimum atomic E-state index is -0.139. The molecule has 0 saturated heterocycles. The molecule has 0 saturated carbocycles. The summed E-state index contributed by atoms with van der Waals surface area (Å²) in [4.78, 5) is 17.6. The van der Waals surface area contributed by atoms with E-state index in [4.69, 9.17) is 4.42 Å². The summed E-state index contributed by atoms with van der Waals surface area (Å²) >= 11 is 0. The van der Waals surface area contributed by atoms with Crippen LogP contribution in [0, 0.1) is 13.8 Å². The average molecular weight is 392 g/mol. The molecule has 146 valence electrons. The second kappa shape index (κ2) is 7.16. The van der Waals surface area contributed by atoms with Crippen LogP contribution in [0.1, 0.15) is 21.5 Å². The molecule has 1 heterocycles. The van der Waals surface area contributed by atoms with Crippen LogP contribution in [0.15, 0.2) is 83.3 Å². The van der Waals surface area contributed by atoms with Crippen molar-refractivity contribution in [2.45, 2.75) is 13.8 Å². The summed E-state index contributed by atoms with van der Waals surface area (Å²) in [5, 5.41) is 5.03. The molecule has 1 N–H and O–H groups in total. The van der Waals surface area contributed by atoms with E-state index in [9.17, 15) is 4.79 Å². The van der Waals surface area contributed by atoms with Crippen LogP contribution in [0.4, 0.5) is 5.69 Å². The fourth-order valence-electron chi connectivity index (χ4n) is 3.66. The molecule has 1 aromatic heterocycles. The van der Waals surface area contributed by atoms with Crippen LogP contribution in [0.25, 0.3) is 33.3 Å². The number of oxazole rings is 1. The molecule has 5 aromatic rings. The molecule has 5 rings (SSSR count). The Morgan fingerprint density at radius 1 is 0.900 bits per heavy atom. The van der Waals surface area contributed by atoms with Crippen molar-refractivity contribution < 1.29 is 9.21 Å². The van der Waals surface area contributed by atoms with Gasteiger partial charge in [-0.25, -0.2) is 4.98 Å². The average Bonchev–Trinajstić information content (AvgIpc) is 3.18. The molecule has 4 nitrogen and oxygen atoms in total. The Kier molecular flexibility index (Phi) is 4.32. The summed E-state index contributed by atoms with van der Waals surface area (Å²) in [6.07, 6.45) is 0. The minimum Gasteiger partial charge on any atom is -0.436 e. The fraction of sp³-hybridized carbons (Fsp3) is 0.0769. The third kappa shape index (κ3) is 3.22. The summed E-state index contributed by atoms with van der Waals surface area (Å²) < 4.78 is 5.95. The van der Waals surface area contributed by atoms with Crippen molar-refractivity contribution in [3.63, 3.8) is 0 Å². The molecule has 30 heavy (non-hydrogen) atoms. The molecule has 4 aromatic carbocycles. The van der Waals surface area contributed by atoms with Gasteiger partial charge in [0.05, 0.1) is 0 Å². The normalized spacial score (nSPS) is 11.1. The van der Waals surface area contributed by atoms with Gasteiger partial charge >= 0.3 is 0 Å². The number of hydrogen-bond donors (Lipinski definition) is 1. The molecular weight excluding hydrogens is 372 g/mol. The van der Waals surface area contributed by atoms with Gasteiger partial charge in [-0.1, -0.05) is 48.5 Å². The van der Waals surface area contributed by atoms with Crippen molar-refractivity contribution in [3.05, 3.63) is 95.6 Å². The molecule has 0 fully saturated rings. The second-order valence-corrected chi connectivity index (χ2v) is 7.50. The lowest BCUT2D eigenvalue weighted by molar-refractivity contribution is 0.102. The molecule has 4 heteroatoms. The molecule has 1 amide bonds. The highest BCUT2D eigenvalue weighted by Gasteiger charge is 2.14. The van der Waals surface area contributed by atoms with Gasteiger partial charge in [0.25, 0.3) is 5.91 Å². The van der Waals surface area contributed by atoms with Gasteiger partial charge in [0.15, 0.2) is 5.58 Å². The van der Waals surface area contributed by atoms with Crippen LogP contribution in [0.5, 0.6) is 0 Å². The monoisotopic (exact) mass is 392 g/mol. The van der Waals surface area contributed by atoms with Gasteiger partial charge < -0.3 is 9.73 Å². The summed E-state index contributed by atoms with van der Waals surface area (Å²) in [5.41, 5.74) is 5.88. The number of nitrogens with one attached hydrogen (secondary N) is 1. The van der Waals surface area contributed by atoms with Gasteiger partial charge in [0, 0.05) is 16.8 Å². The number of amides is 1. The highest BCUT2D eigenvalue weighted by molar-refractivity contribution is 6.13. The zero-order chi connectivity index (χ0) is 20.7. The van der Waals surface area contributed by atoms with Crippen LogP contribution in [0.2, 0.25) is 0 Å². The standard InChI is InChI=1S/C26H20N2O2/c1-16-10-13-22-24(14-16)30-26(28-22)19-12-11-17(2)23(15-19)27-25(29)21-9-5-7-18-6-3-4-8-20(18)21/h3-15H,1-2H3,(H,27,29). The van der Waals surface area contributed by atoms with Crippen molar-refractivity contribution >= 4 is 33.5 Å². The lowest BCUT2D eigenvalue weighted by Gasteiger charge is -2.11. The Hall–Kier alpha value is -3.92. The number of carbonyl (C=O) groups excluding carboxylic acids is 1. The molecule has 0 atom stereocenters. The van der Waals surface area contributed by atoms with Gasteiger partial charge in [-0.15, -0.1) is 0 Å². The summed E-state index contributed by atoms with van der Waals surface area (Å²) in [6.45, 7) is 3.99. The van der Waals surface area contributed by atoms with E-state index in [0.29, 0.717) is 11.5 Å². The van der Waals surface area contributed by atoms with Gasteiger partial charge in [-0.2, -0.15) is 0 Å². The number of anilines is 1. The summed E-state index contributed by atoms with van der Waals surface area (Å²) in [7, 11) is 0. The number of benzene rings is 4. The zero-order valence-electron chi connectivity index (χ0n) is 16.8. The van der Waals surface area contributed by atoms with E-state index < -0.39 is 0 Å². The second-order valence-electron chi connectivity index (χ2n) is 7.50. The van der Waals surface area contributed by atoms with Crippen molar-refractivity contribution in [3.8, 4) is 11.5 Å². The third-order valence-corrected chi connectivity index (χ3v) is 5.31. The Balaban J connectivity index is 1.51. The first kappa shape index (κ1) is 18.1. The Morgan fingerprint density at radius 2 is 1.73 bits per heavy atom. The van der Waals surface area contributed by atoms with Gasteiger partial charge in [-0.05, 0) is 66.1 Å². The molecular formula is C26H20N2O2. The fourth-order valence-corrected chi connectivity index (χ4v) is 3.66. The molecule has 0 spiro atoms. The predicted octanol–water partition coefficient (Wildman–Crippen LogP) is 6.52. The van der Waals surface area contributed by atoms with Gasteiger partial charge in [0.2, 0.25) is 5.89 Å². The lowest BCUT2D eigenvalue weighted by Crippen LogP contribution is -2.13. The number of rotatable bonds is 3. The molecule has 0 radical (unpaired) electrons. The van der Waals surface area contributed by atoms with E-state index in [1.807, 2.05) is 92.7 Å². The SMILES string of the molecule is Cc1ccc2nc(-c3ccc(C)c(NC(=O)c4cccc5ccccc45)c3)oc2c1. The van der Waals surface area contributed by atoms with Crippen LogP contribution in [0.3, 0.4) is 0 Å². The van der Waals surface area contributed by atoms with E-state index in [1.54, 1.807) is 0 Å². The topological polar surface area (TPSA) is 55.1 Å². The number of carbonyl (C=O) groups is 1. The maximum atomic E-state index is 13.1.